The Morgan fingerprint density at radius 3 is 2.35 bits per heavy atom. The molecule has 0 aliphatic carbocycles. The number of rotatable bonds is 6. The largest absolute Gasteiger partial charge is 0.379 e. The number of sulfonamides is 1. The van der Waals surface area contributed by atoms with Crippen LogP contribution in [0.25, 0.3) is 10.9 Å². The van der Waals surface area contributed by atoms with Crippen molar-refractivity contribution in [2.75, 3.05) is 43.5 Å². The molecule has 2 aromatic carbocycles. The second-order valence-electron chi connectivity index (χ2n) is 7.39. The van der Waals surface area contributed by atoms with Gasteiger partial charge in [0, 0.05) is 54.7 Å². The Morgan fingerprint density at radius 2 is 1.65 bits per heavy atom. The molecule has 4 N–H and O–H groups in total. The minimum absolute atomic E-state index is 0.0120. The first-order valence-electron chi connectivity index (χ1n) is 9.98. The third kappa shape index (κ3) is 5.42. The SMILES string of the molecule is NS(=O)(=O)c1ccc(NC(=O)Nc2ccc3c(ccn3CCN3CCOCC3)c2)cc1. The number of carbonyl (C=O) groups is 1. The highest BCUT2D eigenvalue weighted by Gasteiger charge is 2.11. The molecule has 3 aromatic rings. The lowest BCUT2D eigenvalue weighted by atomic mass is 10.2. The molecule has 10 heteroatoms. The normalized spacial score (nSPS) is 15.1. The summed E-state index contributed by atoms with van der Waals surface area (Å²) in [7, 11) is -3.76. The summed E-state index contributed by atoms with van der Waals surface area (Å²) in [5.74, 6) is 0. The van der Waals surface area contributed by atoms with Crippen LogP contribution in [0.4, 0.5) is 16.2 Å². The predicted octanol–water partition coefficient (Wildman–Crippen LogP) is 2.26. The Morgan fingerprint density at radius 1 is 0.968 bits per heavy atom. The highest BCUT2D eigenvalue weighted by Crippen LogP contribution is 2.21. The molecule has 2 amide bonds. The number of carbonyl (C=O) groups excluding carboxylic acids is 1. The highest BCUT2D eigenvalue weighted by atomic mass is 32.2. The molecule has 0 atom stereocenters. The lowest BCUT2D eigenvalue weighted by Crippen LogP contribution is -2.38. The van der Waals surface area contributed by atoms with E-state index < -0.39 is 16.1 Å². The zero-order valence-electron chi connectivity index (χ0n) is 17.0. The van der Waals surface area contributed by atoms with Gasteiger partial charge in [0.05, 0.1) is 18.1 Å². The van der Waals surface area contributed by atoms with Crippen LogP contribution in [0.2, 0.25) is 0 Å². The number of nitrogens with two attached hydrogens (primary N) is 1. The summed E-state index contributed by atoms with van der Waals surface area (Å²) in [6.07, 6.45) is 2.06. The van der Waals surface area contributed by atoms with E-state index >= 15 is 0 Å². The number of hydrogen-bond acceptors (Lipinski definition) is 5. The lowest BCUT2D eigenvalue weighted by molar-refractivity contribution is 0.0365. The molecule has 1 aliphatic heterocycles. The Balaban J connectivity index is 1.36. The maximum Gasteiger partial charge on any atom is 0.323 e. The number of hydrogen-bond donors (Lipinski definition) is 3. The van der Waals surface area contributed by atoms with Crippen molar-refractivity contribution in [2.45, 2.75) is 11.4 Å². The van der Waals surface area contributed by atoms with Crippen molar-refractivity contribution in [3.8, 4) is 0 Å². The van der Waals surface area contributed by atoms with Gasteiger partial charge in [-0.05, 0) is 48.5 Å². The van der Waals surface area contributed by atoms with Crippen molar-refractivity contribution in [1.82, 2.24) is 9.47 Å². The first kappa shape index (κ1) is 21.3. The zero-order valence-corrected chi connectivity index (χ0v) is 17.8. The van der Waals surface area contributed by atoms with Crippen LogP contribution < -0.4 is 15.8 Å². The van der Waals surface area contributed by atoms with Gasteiger partial charge in [0.2, 0.25) is 10.0 Å². The van der Waals surface area contributed by atoms with Gasteiger partial charge < -0.3 is 19.9 Å². The molecule has 9 nitrogen and oxygen atoms in total. The number of primary sulfonamides is 1. The maximum absolute atomic E-state index is 12.3. The molecule has 0 unspecified atom stereocenters. The molecule has 0 saturated carbocycles. The number of fused-ring (bicyclic) bond motifs is 1. The maximum atomic E-state index is 12.3. The van der Waals surface area contributed by atoms with Crippen molar-refractivity contribution < 1.29 is 17.9 Å². The number of anilines is 2. The van der Waals surface area contributed by atoms with Crippen molar-refractivity contribution in [3.63, 3.8) is 0 Å². The number of morpholine rings is 1. The fraction of sp³-hybridized carbons (Fsp3) is 0.286. The van der Waals surface area contributed by atoms with E-state index in [1.807, 2.05) is 24.3 Å². The molecule has 2 heterocycles. The van der Waals surface area contributed by atoms with Gasteiger partial charge >= 0.3 is 6.03 Å². The van der Waals surface area contributed by atoms with E-state index in [0.717, 1.165) is 50.3 Å². The Hall–Kier alpha value is -2.92. The number of nitrogens with zero attached hydrogens (tertiary/aromatic N) is 2. The van der Waals surface area contributed by atoms with Crippen molar-refractivity contribution in [2.24, 2.45) is 5.14 Å². The molecule has 0 spiro atoms. The topological polar surface area (TPSA) is 119 Å². The van der Waals surface area contributed by atoms with Gasteiger partial charge in [0.1, 0.15) is 0 Å². The Kier molecular flexibility index (Phi) is 6.23. The first-order valence-corrected chi connectivity index (χ1v) is 11.5. The predicted molar refractivity (Wildman–Crippen MR) is 120 cm³/mol. The number of ether oxygens (including phenoxy) is 1. The minimum atomic E-state index is -3.76. The van der Waals surface area contributed by atoms with Crippen molar-refractivity contribution in [3.05, 3.63) is 54.7 Å². The van der Waals surface area contributed by atoms with Crippen LogP contribution >= 0.6 is 0 Å². The van der Waals surface area contributed by atoms with Crippen LogP contribution in [0, 0.1) is 0 Å². The lowest BCUT2D eigenvalue weighted by Gasteiger charge is -2.26. The van der Waals surface area contributed by atoms with Crippen molar-refractivity contribution >= 4 is 38.3 Å². The fourth-order valence-corrected chi connectivity index (χ4v) is 4.08. The van der Waals surface area contributed by atoms with Gasteiger partial charge in [-0.25, -0.2) is 18.4 Å². The van der Waals surface area contributed by atoms with E-state index in [2.05, 4.69) is 26.3 Å². The smallest absolute Gasteiger partial charge is 0.323 e. The number of nitrogens with one attached hydrogen (secondary N) is 2. The van der Waals surface area contributed by atoms with Gasteiger partial charge in [-0.2, -0.15) is 0 Å². The summed E-state index contributed by atoms with van der Waals surface area (Å²) in [5, 5.41) is 11.6. The molecule has 0 radical (unpaired) electrons. The molecule has 4 rings (SSSR count). The average molecular weight is 444 g/mol. The quantitative estimate of drug-likeness (QED) is 0.540. The van der Waals surface area contributed by atoms with E-state index in [0.29, 0.717) is 11.4 Å². The van der Waals surface area contributed by atoms with E-state index in [-0.39, 0.29) is 4.90 Å². The number of amides is 2. The first-order chi connectivity index (χ1) is 14.9. The summed E-state index contributed by atoms with van der Waals surface area (Å²) in [6, 6.07) is 13.0. The molecule has 1 fully saturated rings. The summed E-state index contributed by atoms with van der Waals surface area (Å²) < 4.78 is 30.2. The highest BCUT2D eigenvalue weighted by molar-refractivity contribution is 7.89. The van der Waals surface area contributed by atoms with Crippen molar-refractivity contribution in [1.29, 1.82) is 0 Å². The number of benzene rings is 2. The molecule has 1 aromatic heterocycles. The second kappa shape index (κ2) is 9.06. The van der Waals surface area contributed by atoms with Crippen LogP contribution in [-0.4, -0.2) is 56.8 Å². The monoisotopic (exact) mass is 443 g/mol. The standard InChI is InChI=1S/C21H25N5O4S/c22-31(28,29)19-4-1-17(2-5-19)23-21(27)24-18-3-6-20-16(15-18)7-8-26(20)10-9-25-11-13-30-14-12-25/h1-8,15H,9-14H2,(H2,22,28,29)(H2,23,24,27). The minimum Gasteiger partial charge on any atom is -0.379 e. The van der Waals surface area contributed by atoms with E-state index in [1.54, 1.807) is 0 Å². The van der Waals surface area contributed by atoms with E-state index in [1.165, 1.54) is 24.3 Å². The molecular formula is C21H25N5O4S. The molecule has 1 saturated heterocycles. The summed E-state index contributed by atoms with van der Waals surface area (Å²) >= 11 is 0. The van der Waals surface area contributed by atoms with Crippen LogP contribution in [0.15, 0.2) is 59.6 Å². The van der Waals surface area contributed by atoms with Gasteiger partial charge in [-0.1, -0.05) is 0 Å². The summed E-state index contributed by atoms with van der Waals surface area (Å²) in [6.45, 7) is 5.38. The Bertz CT molecular complexity index is 1170. The van der Waals surface area contributed by atoms with Crippen LogP contribution in [0.1, 0.15) is 0 Å². The average Bonchev–Trinajstić information content (AvgIpc) is 3.15. The molecule has 0 bridgehead atoms. The van der Waals surface area contributed by atoms with Gasteiger partial charge in [0.25, 0.3) is 0 Å². The fourth-order valence-electron chi connectivity index (χ4n) is 3.57. The zero-order chi connectivity index (χ0) is 21.8. The number of aromatic nitrogens is 1. The van der Waals surface area contributed by atoms with E-state index in [4.69, 9.17) is 9.88 Å². The van der Waals surface area contributed by atoms with Crippen LogP contribution in [-0.2, 0) is 21.3 Å². The van der Waals surface area contributed by atoms with Crippen LogP contribution in [0.5, 0.6) is 0 Å². The molecule has 31 heavy (non-hydrogen) atoms. The van der Waals surface area contributed by atoms with Gasteiger partial charge in [0.15, 0.2) is 0 Å². The second-order valence-corrected chi connectivity index (χ2v) is 8.95. The number of urea groups is 1. The molecule has 1 aliphatic rings. The Labute approximate surface area is 180 Å². The third-order valence-electron chi connectivity index (χ3n) is 5.23. The summed E-state index contributed by atoms with van der Waals surface area (Å²) in [5.41, 5.74) is 2.23. The molecule has 164 valence electrons. The summed E-state index contributed by atoms with van der Waals surface area (Å²) in [4.78, 5) is 14.7. The molecular weight excluding hydrogens is 418 g/mol. The van der Waals surface area contributed by atoms with Crippen LogP contribution in [0.3, 0.4) is 0 Å². The third-order valence-corrected chi connectivity index (χ3v) is 6.16. The van der Waals surface area contributed by atoms with Gasteiger partial charge in [-0.15, -0.1) is 0 Å². The van der Waals surface area contributed by atoms with E-state index in [9.17, 15) is 13.2 Å². The van der Waals surface area contributed by atoms with Gasteiger partial charge in [-0.3, -0.25) is 4.90 Å².